The van der Waals surface area contributed by atoms with Crippen molar-refractivity contribution in [1.82, 2.24) is 10.2 Å². The molecular formula is C11H22N2. The first-order chi connectivity index (χ1) is 6.27. The summed E-state index contributed by atoms with van der Waals surface area (Å²) in [6, 6.07) is 1.54. The Kier molecular flexibility index (Phi) is 2.89. The van der Waals surface area contributed by atoms with E-state index >= 15 is 0 Å². The maximum Gasteiger partial charge on any atom is 0.0258 e. The van der Waals surface area contributed by atoms with E-state index in [1.54, 1.807) is 0 Å². The van der Waals surface area contributed by atoms with E-state index in [1.807, 2.05) is 0 Å². The second-order valence-corrected chi connectivity index (χ2v) is 4.82. The summed E-state index contributed by atoms with van der Waals surface area (Å²) in [5, 5.41) is 3.54. The number of nitrogens with zero attached hydrogens (tertiary/aromatic N) is 1. The van der Waals surface area contributed by atoms with Crippen LogP contribution in [0.1, 0.15) is 33.1 Å². The fourth-order valence-electron chi connectivity index (χ4n) is 2.70. The van der Waals surface area contributed by atoms with E-state index in [-0.39, 0.29) is 0 Å². The third kappa shape index (κ3) is 2.05. The second kappa shape index (κ2) is 3.97. The van der Waals surface area contributed by atoms with Crippen LogP contribution in [0, 0.1) is 5.92 Å². The molecule has 2 unspecified atom stereocenters. The molecule has 2 rings (SSSR count). The lowest BCUT2D eigenvalue weighted by Gasteiger charge is -2.36. The second-order valence-electron chi connectivity index (χ2n) is 4.82. The Bertz CT molecular complexity index is 161. The van der Waals surface area contributed by atoms with E-state index in [4.69, 9.17) is 0 Å². The molecule has 2 heterocycles. The number of hydrogen-bond acceptors (Lipinski definition) is 2. The van der Waals surface area contributed by atoms with Gasteiger partial charge in [0.25, 0.3) is 0 Å². The van der Waals surface area contributed by atoms with Gasteiger partial charge >= 0.3 is 0 Å². The van der Waals surface area contributed by atoms with Gasteiger partial charge in [0.1, 0.15) is 0 Å². The van der Waals surface area contributed by atoms with E-state index in [2.05, 4.69) is 24.1 Å². The lowest BCUT2D eigenvalue weighted by molar-refractivity contribution is 0.131. The van der Waals surface area contributed by atoms with E-state index in [0.29, 0.717) is 6.04 Å². The van der Waals surface area contributed by atoms with Crippen LogP contribution in [0.25, 0.3) is 0 Å². The summed E-state index contributed by atoms with van der Waals surface area (Å²) in [7, 11) is 0. The molecule has 0 spiro atoms. The van der Waals surface area contributed by atoms with E-state index in [1.165, 1.54) is 38.9 Å². The summed E-state index contributed by atoms with van der Waals surface area (Å²) >= 11 is 0. The van der Waals surface area contributed by atoms with E-state index in [9.17, 15) is 0 Å². The number of likely N-dealkylation sites (tertiary alicyclic amines) is 1. The maximum atomic E-state index is 3.54. The van der Waals surface area contributed by atoms with Crippen molar-refractivity contribution in [2.24, 2.45) is 5.92 Å². The number of hydrogen-bond donors (Lipinski definition) is 1. The molecule has 0 aliphatic carbocycles. The Labute approximate surface area is 81.7 Å². The van der Waals surface area contributed by atoms with Gasteiger partial charge in [-0.25, -0.2) is 0 Å². The highest BCUT2D eigenvalue weighted by Crippen LogP contribution is 2.22. The van der Waals surface area contributed by atoms with Crippen LogP contribution in [0.3, 0.4) is 0 Å². The van der Waals surface area contributed by atoms with Crippen LogP contribution in [-0.4, -0.2) is 36.6 Å². The highest BCUT2D eigenvalue weighted by atomic mass is 15.2. The molecule has 0 aromatic rings. The molecule has 2 aliphatic rings. The zero-order chi connectivity index (χ0) is 9.26. The van der Waals surface area contributed by atoms with Crippen LogP contribution in [0.5, 0.6) is 0 Å². The van der Waals surface area contributed by atoms with Crippen molar-refractivity contribution >= 4 is 0 Å². The molecule has 0 saturated carbocycles. The van der Waals surface area contributed by atoms with Crippen LogP contribution in [-0.2, 0) is 0 Å². The first-order valence-electron chi connectivity index (χ1n) is 5.75. The normalized spacial score (nSPS) is 38.3. The standard InChI is InChI=1S/C11H22N2/c1-9-4-7-13(8-5-9)11-3-6-12-10(11)2/h9-12H,3-8H2,1-2H3. The quantitative estimate of drug-likeness (QED) is 0.660. The SMILES string of the molecule is CC1CCN(C2CCNC2C)CC1. The van der Waals surface area contributed by atoms with Crippen LogP contribution in [0.2, 0.25) is 0 Å². The molecule has 2 saturated heterocycles. The number of piperidine rings is 1. The molecule has 2 fully saturated rings. The third-order valence-electron chi connectivity index (χ3n) is 3.77. The van der Waals surface area contributed by atoms with Gasteiger partial charge in [-0.3, -0.25) is 4.90 Å². The molecular weight excluding hydrogens is 160 g/mol. The van der Waals surface area contributed by atoms with Crippen LogP contribution in [0.4, 0.5) is 0 Å². The van der Waals surface area contributed by atoms with Gasteiger partial charge in [-0.15, -0.1) is 0 Å². The number of nitrogens with one attached hydrogen (secondary N) is 1. The molecule has 2 atom stereocenters. The first-order valence-corrected chi connectivity index (χ1v) is 5.75. The largest absolute Gasteiger partial charge is 0.313 e. The molecule has 13 heavy (non-hydrogen) atoms. The average molecular weight is 182 g/mol. The molecule has 2 aliphatic heterocycles. The Morgan fingerprint density at radius 1 is 1.08 bits per heavy atom. The molecule has 2 nitrogen and oxygen atoms in total. The monoisotopic (exact) mass is 182 g/mol. The van der Waals surface area contributed by atoms with Crippen molar-refractivity contribution in [1.29, 1.82) is 0 Å². The molecule has 0 bridgehead atoms. The fourth-order valence-corrected chi connectivity index (χ4v) is 2.70. The lowest BCUT2D eigenvalue weighted by Crippen LogP contribution is -2.45. The zero-order valence-electron chi connectivity index (χ0n) is 8.92. The van der Waals surface area contributed by atoms with Crippen molar-refractivity contribution in [3.8, 4) is 0 Å². The molecule has 0 amide bonds. The van der Waals surface area contributed by atoms with Crippen LogP contribution in [0.15, 0.2) is 0 Å². The third-order valence-corrected chi connectivity index (χ3v) is 3.77. The molecule has 0 radical (unpaired) electrons. The minimum Gasteiger partial charge on any atom is -0.313 e. The Hall–Kier alpha value is -0.0800. The topological polar surface area (TPSA) is 15.3 Å². The minimum atomic E-state index is 0.716. The van der Waals surface area contributed by atoms with Crippen molar-refractivity contribution in [2.45, 2.75) is 45.2 Å². The van der Waals surface area contributed by atoms with Crippen molar-refractivity contribution in [2.75, 3.05) is 19.6 Å². The maximum absolute atomic E-state index is 3.54. The van der Waals surface area contributed by atoms with Gasteiger partial charge in [0.2, 0.25) is 0 Å². The summed E-state index contributed by atoms with van der Waals surface area (Å²) < 4.78 is 0. The highest BCUT2D eigenvalue weighted by Gasteiger charge is 2.30. The fraction of sp³-hybridized carbons (Fsp3) is 1.00. The number of rotatable bonds is 1. The van der Waals surface area contributed by atoms with Gasteiger partial charge < -0.3 is 5.32 Å². The van der Waals surface area contributed by atoms with Gasteiger partial charge in [-0.1, -0.05) is 6.92 Å². The van der Waals surface area contributed by atoms with E-state index in [0.717, 1.165) is 12.0 Å². The van der Waals surface area contributed by atoms with Crippen molar-refractivity contribution < 1.29 is 0 Å². The summed E-state index contributed by atoms with van der Waals surface area (Å²) in [6.07, 6.45) is 4.17. The van der Waals surface area contributed by atoms with Gasteiger partial charge in [-0.2, -0.15) is 0 Å². The lowest BCUT2D eigenvalue weighted by atomic mass is 9.96. The summed E-state index contributed by atoms with van der Waals surface area (Å²) in [4.78, 5) is 2.70. The van der Waals surface area contributed by atoms with E-state index < -0.39 is 0 Å². The van der Waals surface area contributed by atoms with Gasteiger partial charge in [-0.05, 0) is 51.7 Å². The summed E-state index contributed by atoms with van der Waals surface area (Å²) in [6.45, 7) is 8.59. The Morgan fingerprint density at radius 3 is 2.31 bits per heavy atom. The van der Waals surface area contributed by atoms with Crippen LogP contribution < -0.4 is 5.32 Å². The Balaban J connectivity index is 1.86. The van der Waals surface area contributed by atoms with Gasteiger partial charge in [0, 0.05) is 12.1 Å². The predicted octanol–water partition coefficient (Wildman–Crippen LogP) is 1.47. The van der Waals surface area contributed by atoms with Gasteiger partial charge in [0.05, 0.1) is 0 Å². The highest BCUT2D eigenvalue weighted by molar-refractivity contribution is 4.89. The molecule has 2 heteroatoms. The first kappa shape index (κ1) is 9.47. The molecule has 1 N–H and O–H groups in total. The summed E-state index contributed by atoms with van der Waals surface area (Å²) in [5.74, 6) is 0.959. The van der Waals surface area contributed by atoms with Crippen molar-refractivity contribution in [3.63, 3.8) is 0 Å². The smallest absolute Gasteiger partial charge is 0.0258 e. The van der Waals surface area contributed by atoms with Crippen molar-refractivity contribution in [3.05, 3.63) is 0 Å². The van der Waals surface area contributed by atoms with Gasteiger partial charge in [0.15, 0.2) is 0 Å². The molecule has 0 aromatic carbocycles. The summed E-state index contributed by atoms with van der Waals surface area (Å²) in [5.41, 5.74) is 0. The predicted molar refractivity (Wildman–Crippen MR) is 55.8 cm³/mol. The Morgan fingerprint density at radius 2 is 1.77 bits per heavy atom. The minimum absolute atomic E-state index is 0.716. The molecule has 0 aromatic heterocycles. The average Bonchev–Trinajstić information content (AvgIpc) is 2.53. The zero-order valence-corrected chi connectivity index (χ0v) is 8.92. The molecule has 76 valence electrons. The van der Waals surface area contributed by atoms with Crippen LogP contribution >= 0.6 is 0 Å².